The Morgan fingerprint density at radius 1 is 1.09 bits per heavy atom. The van der Waals surface area contributed by atoms with Crippen molar-refractivity contribution >= 4 is 22.8 Å². The molecule has 2 aliphatic heterocycles. The van der Waals surface area contributed by atoms with E-state index in [9.17, 15) is 4.79 Å². The van der Waals surface area contributed by atoms with E-state index in [1.807, 2.05) is 24.3 Å². The van der Waals surface area contributed by atoms with Crippen molar-refractivity contribution in [3.8, 4) is 0 Å². The van der Waals surface area contributed by atoms with Gasteiger partial charge in [0.25, 0.3) is 5.71 Å². The number of carbonyl (C=O) groups is 1. The minimum absolute atomic E-state index is 0.120. The molecule has 3 aromatic heterocycles. The predicted molar refractivity (Wildman–Crippen MR) is 122 cm³/mol. The van der Waals surface area contributed by atoms with Gasteiger partial charge >= 0.3 is 0 Å². The van der Waals surface area contributed by atoms with Crippen LogP contribution in [0.25, 0.3) is 11.1 Å². The average molecular weight is 435 g/mol. The van der Waals surface area contributed by atoms with Crippen molar-refractivity contribution in [3.63, 3.8) is 0 Å². The summed E-state index contributed by atoms with van der Waals surface area (Å²) >= 11 is 0. The average Bonchev–Trinajstić information content (AvgIpc) is 3.28. The highest BCUT2D eigenvalue weighted by molar-refractivity contribution is 5.79. The summed E-state index contributed by atoms with van der Waals surface area (Å²) in [6.45, 7) is 5.61. The van der Waals surface area contributed by atoms with Gasteiger partial charge < -0.3 is 15.2 Å². The van der Waals surface area contributed by atoms with Crippen molar-refractivity contribution in [3.05, 3.63) is 47.9 Å². The van der Waals surface area contributed by atoms with Crippen LogP contribution < -0.4 is 5.73 Å². The Morgan fingerprint density at radius 2 is 1.88 bits per heavy atom. The molecule has 32 heavy (non-hydrogen) atoms. The Bertz CT molecular complexity index is 1080. The first-order valence-corrected chi connectivity index (χ1v) is 11.5. The molecule has 1 atom stereocenters. The topological polar surface area (TPSA) is 101 Å². The number of nitrogen functional groups attached to an aromatic ring is 1. The number of piperidine rings is 2. The number of carbonyl (C=O) groups excluding carboxylic acids is 1. The lowest BCUT2D eigenvalue weighted by atomic mass is 9.89. The van der Waals surface area contributed by atoms with Crippen LogP contribution in [-0.2, 0) is 4.79 Å². The van der Waals surface area contributed by atoms with Crippen LogP contribution in [0.4, 0.5) is 5.82 Å². The lowest BCUT2D eigenvalue weighted by molar-refractivity contribution is -0.138. The molecular formula is C24H30N6O2. The largest absolute Gasteiger partial charge is 0.384 e. The number of anilines is 1. The number of aromatic nitrogens is 3. The smallest absolute Gasteiger partial charge is 0.257 e. The molecule has 2 aliphatic rings. The van der Waals surface area contributed by atoms with E-state index < -0.39 is 0 Å². The fraction of sp³-hybridized carbons (Fsp3) is 0.500. The van der Waals surface area contributed by atoms with Gasteiger partial charge in [0.15, 0.2) is 0 Å². The van der Waals surface area contributed by atoms with E-state index in [0.717, 1.165) is 62.9 Å². The Morgan fingerprint density at radius 3 is 2.62 bits per heavy atom. The molecule has 0 saturated carbocycles. The van der Waals surface area contributed by atoms with Crippen molar-refractivity contribution in [2.24, 2.45) is 5.92 Å². The lowest BCUT2D eigenvalue weighted by Gasteiger charge is -2.39. The van der Waals surface area contributed by atoms with Crippen molar-refractivity contribution < 1.29 is 9.32 Å². The maximum absolute atomic E-state index is 13.2. The van der Waals surface area contributed by atoms with E-state index in [-0.39, 0.29) is 12.0 Å². The van der Waals surface area contributed by atoms with E-state index in [4.69, 9.17) is 10.3 Å². The molecule has 0 aromatic carbocycles. The van der Waals surface area contributed by atoms with Crippen LogP contribution in [0.15, 0.2) is 41.2 Å². The third kappa shape index (κ3) is 4.07. The maximum atomic E-state index is 13.2. The lowest BCUT2D eigenvalue weighted by Crippen LogP contribution is -2.45. The number of hydrogen-bond acceptors (Lipinski definition) is 7. The standard InChI is InChI=1S/C24H30N6O2/c1-16(19-4-10-26-21(25)15-19)29-11-7-18(8-12-29)24(31)30-13-5-17(6-14-30)22-20-3-2-9-27-23(20)32-28-22/h2-4,9-10,15-18H,5-8,11-14H2,1H3,(H2,25,26). The van der Waals surface area contributed by atoms with Crippen LogP contribution in [0.1, 0.15) is 55.8 Å². The van der Waals surface area contributed by atoms with Gasteiger partial charge in [-0.15, -0.1) is 0 Å². The molecule has 0 bridgehead atoms. The number of fused-ring (bicyclic) bond motifs is 1. The van der Waals surface area contributed by atoms with Crippen LogP contribution >= 0.6 is 0 Å². The summed E-state index contributed by atoms with van der Waals surface area (Å²) in [6.07, 6.45) is 7.13. The molecular weight excluding hydrogens is 404 g/mol. The summed E-state index contributed by atoms with van der Waals surface area (Å²) in [7, 11) is 0. The maximum Gasteiger partial charge on any atom is 0.257 e. The summed E-state index contributed by atoms with van der Waals surface area (Å²) in [5.74, 6) is 1.31. The molecule has 2 N–H and O–H groups in total. The van der Waals surface area contributed by atoms with E-state index in [1.165, 1.54) is 5.56 Å². The van der Waals surface area contributed by atoms with Crippen LogP contribution in [0.2, 0.25) is 0 Å². The number of likely N-dealkylation sites (tertiary alicyclic amines) is 2. The molecule has 168 valence electrons. The molecule has 5 rings (SSSR count). The number of rotatable bonds is 4. The first-order chi connectivity index (χ1) is 15.6. The molecule has 0 radical (unpaired) electrons. The molecule has 0 aliphatic carbocycles. The Labute approximate surface area is 187 Å². The van der Waals surface area contributed by atoms with Gasteiger partial charge in [0.2, 0.25) is 5.91 Å². The van der Waals surface area contributed by atoms with E-state index >= 15 is 0 Å². The van der Waals surface area contributed by atoms with Crippen molar-refractivity contribution in [1.29, 1.82) is 0 Å². The van der Waals surface area contributed by atoms with Gasteiger partial charge in [-0.05, 0) is 75.5 Å². The fourth-order valence-electron chi connectivity index (χ4n) is 5.20. The van der Waals surface area contributed by atoms with Crippen LogP contribution in [0.5, 0.6) is 0 Å². The summed E-state index contributed by atoms with van der Waals surface area (Å²) < 4.78 is 5.38. The zero-order valence-corrected chi connectivity index (χ0v) is 18.5. The molecule has 0 spiro atoms. The molecule has 8 heteroatoms. The summed E-state index contributed by atoms with van der Waals surface area (Å²) in [5.41, 5.74) is 8.61. The zero-order chi connectivity index (χ0) is 22.1. The SMILES string of the molecule is CC(c1ccnc(N)c1)N1CCC(C(=O)N2CCC(c3noc4ncccc34)CC2)CC1. The number of hydrogen-bond donors (Lipinski definition) is 1. The summed E-state index contributed by atoms with van der Waals surface area (Å²) in [5, 5.41) is 5.27. The quantitative estimate of drug-likeness (QED) is 0.672. The van der Waals surface area contributed by atoms with Crippen LogP contribution in [0, 0.1) is 5.92 Å². The molecule has 2 saturated heterocycles. The Balaban J connectivity index is 1.14. The molecule has 2 fully saturated rings. The number of nitrogens with two attached hydrogens (primary N) is 1. The molecule has 5 heterocycles. The highest BCUT2D eigenvalue weighted by Gasteiger charge is 2.33. The van der Waals surface area contributed by atoms with Gasteiger partial charge in [0.05, 0.1) is 11.1 Å². The van der Waals surface area contributed by atoms with E-state index in [0.29, 0.717) is 23.4 Å². The second-order valence-corrected chi connectivity index (χ2v) is 9.02. The minimum Gasteiger partial charge on any atom is -0.384 e. The molecule has 8 nitrogen and oxygen atoms in total. The van der Waals surface area contributed by atoms with Gasteiger partial charge in [0, 0.05) is 43.4 Å². The first-order valence-electron chi connectivity index (χ1n) is 11.5. The van der Waals surface area contributed by atoms with Crippen molar-refractivity contribution in [2.75, 3.05) is 31.9 Å². The van der Waals surface area contributed by atoms with Crippen molar-refractivity contribution in [1.82, 2.24) is 24.9 Å². The second kappa shape index (κ2) is 8.86. The highest BCUT2D eigenvalue weighted by atomic mass is 16.5. The van der Waals surface area contributed by atoms with Crippen LogP contribution in [-0.4, -0.2) is 57.0 Å². The normalized spacial score (nSPS) is 20.0. The molecule has 3 aromatic rings. The predicted octanol–water partition coefficient (Wildman–Crippen LogP) is 3.38. The number of nitrogens with zero attached hydrogens (tertiary/aromatic N) is 5. The zero-order valence-electron chi connectivity index (χ0n) is 18.5. The second-order valence-electron chi connectivity index (χ2n) is 9.02. The summed E-state index contributed by atoms with van der Waals surface area (Å²) in [6, 6.07) is 8.18. The van der Waals surface area contributed by atoms with Gasteiger partial charge in [-0.3, -0.25) is 9.69 Å². The molecule has 1 amide bonds. The third-order valence-corrected chi connectivity index (χ3v) is 7.18. The Hall–Kier alpha value is -3.00. The minimum atomic E-state index is 0.120. The van der Waals surface area contributed by atoms with Crippen molar-refractivity contribution in [2.45, 2.75) is 44.6 Å². The van der Waals surface area contributed by atoms with Gasteiger partial charge in [-0.25, -0.2) is 9.97 Å². The van der Waals surface area contributed by atoms with Gasteiger partial charge in [-0.2, -0.15) is 0 Å². The van der Waals surface area contributed by atoms with Gasteiger partial charge in [0.1, 0.15) is 5.82 Å². The number of amides is 1. The highest BCUT2D eigenvalue weighted by Crippen LogP contribution is 2.33. The monoisotopic (exact) mass is 434 g/mol. The Kier molecular flexibility index (Phi) is 5.78. The van der Waals surface area contributed by atoms with Crippen LogP contribution in [0.3, 0.4) is 0 Å². The third-order valence-electron chi connectivity index (χ3n) is 7.18. The van der Waals surface area contributed by atoms with E-state index in [2.05, 4.69) is 31.8 Å². The molecule has 1 unspecified atom stereocenters. The number of pyridine rings is 2. The van der Waals surface area contributed by atoms with E-state index in [1.54, 1.807) is 12.4 Å². The first kappa shape index (κ1) is 20.9. The fourth-order valence-corrected chi connectivity index (χ4v) is 5.20. The van der Waals surface area contributed by atoms with Gasteiger partial charge in [-0.1, -0.05) is 5.16 Å². The summed E-state index contributed by atoms with van der Waals surface area (Å²) in [4.78, 5) is 26.0.